The van der Waals surface area contributed by atoms with Gasteiger partial charge in [0.05, 0.1) is 19.2 Å². The Morgan fingerprint density at radius 2 is 2.00 bits per heavy atom. The predicted molar refractivity (Wildman–Crippen MR) is 107 cm³/mol. The molecule has 1 unspecified atom stereocenters. The van der Waals surface area contributed by atoms with Crippen molar-refractivity contribution in [1.82, 2.24) is 9.80 Å². The molecule has 3 aliphatic rings. The number of carbonyl (C=O) groups excluding carboxylic acids is 2. The molecule has 6 nitrogen and oxygen atoms in total. The van der Waals surface area contributed by atoms with Crippen molar-refractivity contribution in [2.75, 3.05) is 45.2 Å². The molecule has 0 aromatic carbocycles. The van der Waals surface area contributed by atoms with E-state index in [2.05, 4.69) is 15.1 Å². The van der Waals surface area contributed by atoms with Crippen molar-refractivity contribution in [2.45, 2.75) is 51.0 Å². The van der Waals surface area contributed by atoms with Gasteiger partial charge in [-0.1, -0.05) is 6.42 Å². The molecule has 1 N–H and O–H groups in total. The minimum absolute atomic E-state index is 0.0250. The quantitative estimate of drug-likeness (QED) is 0.631. The SMILES string of the molecule is COC(=O)c1c(NC(=O)CN2CCN3CCCC3C2)sc2c1CCCCC2. The van der Waals surface area contributed by atoms with Crippen LogP contribution in [0.2, 0.25) is 0 Å². The summed E-state index contributed by atoms with van der Waals surface area (Å²) in [7, 11) is 1.41. The van der Waals surface area contributed by atoms with Crippen molar-refractivity contribution in [1.29, 1.82) is 0 Å². The molecule has 1 aliphatic carbocycles. The third-order valence-electron chi connectivity index (χ3n) is 6.10. The van der Waals surface area contributed by atoms with E-state index in [-0.39, 0.29) is 11.9 Å². The van der Waals surface area contributed by atoms with Gasteiger partial charge in [0.15, 0.2) is 0 Å². The molecule has 0 spiro atoms. The molecular formula is C20H29N3O3S. The average Bonchev–Trinajstić information content (AvgIpc) is 3.18. The van der Waals surface area contributed by atoms with E-state index in [1.165, 1.54) is 37.8 Å². The van der Waals surface area contributed by atoms with Crippen molar-refractivity contribution in [2.24, 2.45) is 0 Å². The van der Waals surface area contributed by atoms with E-state index in [1.54, 1.807) is 11.3 Å². The van der Waals surface area contributed by atoms with Crippen molar-refractivity contribution in [3.8, 4) is 0 Å². The van der Waals surface area contributed by atoms with Crippen LogP contribution in [0, 0.1) is 0 Å². The summed E-state index contributed by atoms with van der Waals surface area (Å²) in [5, 5.41) is 3.71. The number of amides is 1. The van der Waals surface area contributed by atoms with Crippen LogP contribution in [0.3, 0.4) is 0 Å². The first-order valence-corrected chi connectivity index (χ1v) is 11.0. The average molecular weight is 392 g/mol. The molecule has 2 fully saturated rings. The molecule has 1 aromatic rings. The van der Waals surface area contributed by atoms with E-state index in [0.29, 0.717) is 23.2 Å². The number of rotatable bonds is 4. The van der Waals surface area contributed by atoms with Gasteiger partial charge in [0.25, 0.3) is 0 Å². The Morgan fingerprint density at radius 3 is 2.85 bits per heavy atom. The number of esters is 1. The van der Waals surface area contributed by atoms with Gasteiger partial charge in [-0.2, -0.15) is 0 Å². The number of hydrogen-bond donors (Lipinski definition) is 1. The van der Waals surface area contributed by atoms with Crippen molar-refractivity contribution in [3.63, 3.8) is 0 Å². The second-order valence-corrected chi connectivity index (χ2v) is 8.98. The highest BCUT2D eigenvalue weighted by Gasteiger charge is 2.32. The van der Waals surface area contributed by atoms with Crippen LogP contribution in [0.1, 0.15) is 52.9 Å². The highest BCUT2D eigenvalue weighted by molar-refractivity contribution is 7.17. The van der Waals surface area contributed by atoms with E-state index in [0.717, 1.165) is 50.9 Å². The first kappa shape index (κ1) is 18.9. The van der Waals surface area contributed by atoms with E-state index < -0.39 is 0 Å². The lowest BCUT2D eigenvalue weighted by Gasteiger charge is -2.37. The molecule has 27 heavy (non-hydrogen) atoms. The van der Waals surface area contributed by atoms with E-state index >= 15 is 0 Å². The van der Waals surface area contributed by atoms with Crippen LogP contribution in [0.15, 0.2) is 0 Å². The number of nitrogens with zero attached hydrogens (tertiary/aromatic N) is 2. The van der Waals surface area contributed by atoms with E-state index in [9.17, 15) is 9.59 Å². The van der Waals surface area contributed by atoms with Crippen LogP contribution in [0.25, 0.3) is 0 Å². The molecule has 1 amide bonds. The summed E-state index contributed by atoms with van der Waals surface area (Å²) >= 11 is 1.57. The van der Waals surface area contributed by atoms with Gasteiger partial charge in [-0.15, -0.1) is 11.3 Å². The fraction of sp³-hybridized carbons (Fsp3) is 0.700. The zero-order valence-electron chi connectivity index (χ0n) is 16.1. The maximum absolute atomic E-state index is 12.7. The Labute approximate surface area is 164 Å². The lowest BCUT2D eigenvalue weighted by atomic mass is 10.1. The van der Waals surface area contributed by atoms with Crippen LogP contribution >= 0.6 is 11.3 Å². The third-order valence-corrected chi connectivity index (χ3v) is 7.31. The first-order chi connectivity index (χ1) is 13.2. The summed E-state index contributed by atoms with van der Waals surface area (Å²) in [6.45, 7) is 4.56. The Hall–Kier alpha value is -1.44. The largest absolute Gasteiger partial charge is 0.465 e. The zero-order chi connectivity index (χ0) is 18.8. The van der Waals surface area contributed by atoms with Crippen molar-refractivity contribution in [3.05, 3.63) is 16.0 Å². The number of thiophene rings is 1. The maximum Gasteiger partial charge on any atom is 0.341 e. The minimum Gasteiger partial charge on any atom is -0.465 e. The molecule has 7 heteroatoms. The lowest BCUT2D eigenvalue weighted by molar-refractivity contribution is -0.117. The Bertz CT molecular complexity index is 718. The monoisotopic (exact) mass is 391 g/mol. The molecule has 4 rings (SSSR count). The summed E-state index contributed by atoms with van der Waals surface area (Å²) in [5.74, 6) is -0.354. The molecule has 1 atom stereocenters. The fourth-order valence-corrected chi connectivity index (χ4v) is 6.01. The standard InChI is InChI=1S/C20H29N3O3S/c1-26-20(25)18-15-7-3-2-4-8-16(15)27-19(18)21-17(24)13-22-10-11-23-9-5-6-14(23)12-22/h14H,2-13H2,1H3,(H,21,24). The van der Waals surface area contributed by atoms with Gasteiger partial charge >= 0.3 is 5.97 Å². The van der Waals surface area contributed by atoms with Gasteiger partial charge in [0.2, 0.25) is 5.91 Å². The number of nitrogens with one attached hydrogen (secondary N) is 1. The highest BCUT2D eigenvalue weighted by Crippen LogP contribution is 2.38. The Balaban J connectivity index is 1.45. The summed E-state index contributed by atoms with van der Waals surface area (Å²) in [6.07, 6.45) is 7.83. The smallest absolute Gasteiger partial charge is 0.341 e. The van der Waals surface area contributed by atoms with E-state index in [4.69, 9.17) is 4.74 Å². The van der Waals surface area contributed by atoms with Crippen LogP contribution in [0.4, 0.5) is 5.00 Å². The first-order valence-electron chi connectivity index (χ1n) is 10.1. The number of carbonyl (C=O) groups is 2. The number of ether oxygens (including phenoxy) is 1. The van der Waals surface area contributed by atoms with Gasteiger partial charge in [0, 0.05) is 30.6 Å². The summed E-state index contributed by atoms with van der Waals surface area (Å²) < 4.78 is 5.02. The number of anilines is 1. The Morgan fingerprint density at radius 1 is 1.15 bits per heavy atom. The maximum atomic E-state index is 12.7. The topological polar surface area (TPSA) is 61.9 Å². The van der Waals surface area contributed by atoms with Gasteiger partial charge in [0.1, 0.15) is 5.00 Å². The van der Waals surface area contributed by atoms with Crippen molar-refractivity contribution >= 4 is 28.2 Å². The molecule has 2 aliphatic heterocycles. The second-order valence-electron chi connectivity index (χ2n) is 7.88. The number of aryl methyl sites for hydroxylation is 1. The fourth-order valence-electron chi connectivity index (χ4n) is 4.72. The Kier molecular flexibility index (Phi) is 5.80. The molecule has 2 saturated heterocycles. The van der Waals surface area contributed by atoms with Crippen LogP contribution in [0.5, 0.6) is 0 Å². The minimum atomic E-state index is -0.329. The lowest BCUT2D eigenvalue weighted by Crippen LogP contribution is -2.51. The number of hydrogen-bond acceptors (Lipinski definition) is 6. The molecule has 0 saturated carbocycles. The summed E-state index contributed by atoms with van der Waals surface area (Å²) in [4.78, 5) is 31.1. The number of methoxy groups -OCH3 is 1. The van der Waals surface area contributed by atoms with Gasteiger partial charge in [-0.3, -0.25) is 14.6 Å². The molecule has 1 aromatic heterocycles. The summed E-state index contributed by atoms with van der Waals surface area (Å²) in [6, 6.07) is 0.606. The zero-order valence-corrected chi connectivity index (χ0v) is 16.9. The van der Waals surface area contributed by atoms with Crippen LogP contribution in [-0.4, -0.2) is 67.6 Å². The van der Waals surface area contributed by atoms with Gasteiger partial charge < -0.3 is 10.1 Å². The van der Waals surface area contributed by atoms with Crippen molar-refractivity contribution < 1.29 is 14.3 Å². The van der Waals surface area contributed by atoms with E-state index in [1.807, 2.05) is 0 Å². The number of fused-ring (bicyclic) bond motifs is 2. The van der Waals surface area contributed by atoms with Crippen LogP contribution < -0.4 is 5.32 Å². The molecule has 3 heterocycles. The number of piperazine rings is 1. The van der Waals surface area contributed by atoms with Gasteiger partial charge in [-0.05, 0) is 50.6 Å². The normalized spacial score (nSPS) is 23.4. The van der Waals surface area contributed by atoms with Crippen LogP contribution in [-0.2, 0) is 22.4 Å². The predicted octanol–water partition coefficient (Wildman–Crippen LogP) is 2.52. The molecule has 0 bridgehead atoms. The molecule has 148 valence electrons. The molecule has 0 radical (unpaired) electrons. The molecular weight excluding hydrogens is 362 g/mol. The van der Waals surface area contributed by atoms with Gasteiger partial charge in [-0.25, -0.2) is 4.79 Å². The summed E-state index contributed by atoms with van der Waals surface area (Å²) in [5.41, 5.74) is 1.69. The third kappa shape index (κ3) is 4.05. The highest BCUT2D eigenvalue weighted by atomic mass is 32.1. The second kappa shape index (κ2) is 8.29.